The number of nitrogens with one attached hydrogen (secondary N) is 1. The second-order valence-corrected chi connectivity index (χ2v) is 8.70. The third-order valence-electron chi connectivity index (χ3n) is 5.74. The molecular weight excluding hydrogens is 462 g/mol. The zero-order valence-electron chi connectivity index (χ0n) is 18.2. The van der Waals surface area contributed by atoms with E-state index in [1.807, 2.05) is 5.38 Å². The topological polar surface area (TPSA) is 122 Å². The summed E-state index contributed by atoms with van der Waals surface area (Å²) in [5, 5.41) is 16.3. The molecule has 176 valence electrons. The molecule has 0 saturated heterocycles. The van der Waals surface area contributed by atoms with Gasteiger partial charge in [0.25, 0.3) is 17.4 Å². The first-order valence-electron chi connectivity index (χ1n) is 10.7. The van der Waals surface area contributed by atoms with Crippen LogP contribution in [-0.2, 0) is 6.61 Å². The Hall–Kier alpha value is -3.86. The summed E-state index contributed by atoms with van der Waals surface area (Å²) in [6, 6.07) is 7.54. The molecule has 2 heterocycles. The second kappa shape index (κ2) is 8.82. The van der Waals surface area contributed by atoms with Crippen molar-refractivity contribution < 1.29 is 28.7 Å². The van der Waals surface area contributed by atoms with Gasteiger partial charge in [0, 0.05) is 36.0 Å². The molecule has 1 fully saturated rings. The number of benzene rings is 2. The average molecular weight is 484 g/mol. The molecule has 0 radical (unpaired) electrons. The van der Waals surface area contributed by atoms with Gasteiger partial charge in [0.05, 0.1) is 29.3 Å². The van der Waals surface area contributed by atoms with Crippen LogP contribution < -0.4 is 24.3 Å². The molecule has 0 atom stereocenters. The summed E-state index contributed by atoms with van der Waals surface area (Å²) in [5.74, 6) is 0.214. The molecule has 11 heteroatoms. The summed E-state index contributed by atoms with van der Waals surface area (Å²) in [7, 11) is 1.40. The summed E-state index contributed by atoms with van der Waals surface area (Å²) in [6.07, 6.45) is 3.69. The van der Waals surface area contributed by atoms with Crippen molar-refractivity contribution >= 4 is 28.6 Å². The lowest BCUT2D eigenvalue weighted by Crippen LogP contribution is -2.34. The predicted molar refractivity (Wildman–Crippen MR) is 123 cm³/mol. The quantitative estimate of drug-likeness (QED) is 0.371. The third kappa shape index (κ3) is 4.21. The minimum absolute atomic E-state index is 0.112. The molecule has 0 bridgehead atoms. The number of amides is 1. The molecule has 1 spiro atoms. The molecule has 1 amide bonds. The van der Waals surface area contributed by atoms with Crippen LogP contribution in [0.3, 0.4) is 0 Å². The fourth-order valence-electron chi connectivity index (χ4n) is 4.10. The van der Waals surface area contributed by atoms with Crippen molar-refractivity contribution in [3.8, 4) is 23.0 Å². The van der Waals surface area contributed by atoms with Crippen LogP contribution in [0.4, 0.5) is 11.4 Å². The number of carbonyl (C=O) groups is 1. The Morgan fingerprint density at radius 3 is 2.71 bits per heavy atom. The number of nitro benzene ring substituents is 1. The molecule has 2 aliphatic rings. The van der Waals surface area contributed by atoms with Crippen molar-refractivity contribution in [2.75, 3.05) is 12.4 Å². The van der Waals surface area contributed by atoms with Gasteiger partial charge in [-0.05, 0) is 25.0 Å². The lowest BCUT2D eigenvalue weighted by molar-refractivity contribution is -0.385. The Kier molecular flexibility index (Phi) is 5.70. The monoisotopic (exact) mass is 483 g/mol. The number of ether oxygens (including phenoxy) is 4. The lowest BCUT2D eigenvalue weighted by Gasteiger charge is -2.21. The van der Waals surface area contributed by atoms with E-state index in [-0.39, 0.29) is 23.7 Å². The summed E-state index contributed by atoms with van der Waals surface area (Å²) in [4.78, 5) is 28.3. The first-order valence-corrected chi connectivity index (χ1v) is 11.6. The highest BCUT2D eigenvalue weighted by molar-refractivity contribution is 7.07. The zero-order chi connectivity index (χ0) is 23.7. The standard InChI is InChI=1S/C23H21N3O7S/c1-30-19-9-16(17(26(28)29)10-20(19)31-11-15-12-34-13-24-15)22(27)25-14-4-5-18-21(8-14)33-23(32-18)6-2-3-7-23/h4-5,8-10,12-13H,2-3,6-7,11H2,1H3,(H,25,27). The van der Waals surface area contributed by atoms with E-state index in [1.54, 1.807) is 23.7 Å². The van der Waals surface area contributed by atoms with Gasteiger partial charge in [-0.15, -0.1) is 11.3 Å². The molecule has 34 heavy (non-hydrogen) atoms. The second-order valence-electron chi connectivity index (χ2n) is 7.98. The molecule has 2 aromatic carbocycles. The van der Waals surface area contributed by atoms with Crippen LogP contribution in [0.5, 0.6) is 23.0 Å². The summed E-state index contributed by atoms with van der Waals surface area (Å²) < 4.78 is 23.0. The maximum absolute atomic E-state index is 13.0. The van der Waals surface area contributed by atoms with Gasteiger partial charge in [-0.2, -0.15) is 0 Å². The van der Waals surface area contributed by atoms with Crippen molar-refractivity contribution in [2.45, 2.75) is 38.1 Å². The number of fused-ring (bicyclic) bond motifs is 1. The Morgan fingerprint density at radius 2 is 2.00 bits per heavy atom. The fourth-order valence-corrected chi connectivity index (χ4v) is 4.65. The highest BCUT2D eigenvalue weighted by atomic mass is 32.1. The SMILES string of the molecule is COc1cc(C(=O)Nc2ccc3c(c2)OC2(CCCC2)O3)c([N+](=O)[O-])cc1OCc1cscn1. The number of nitrogens with zero attached hydrogens (tertiary/aromatic N) is 2. The van der Waals surface area contributed by atoms with Crippen LogP contribution in [0.15, 0.2) is 41.2 Å². The van der Waals surface area contributed by atoms with Crippen LogP contribution in [0.1, 0.15) is 41.7 Å². The Morgan fingerprint density at radius 1 is 1.21 bits per heavy atom. The van der Waals surface area contributed by atoms with Crippen LogP contribution in [0.25, 0.3) is 0 Å². The van der Waals surface area contributed by atoms with Gasteiger partial charge in [-0.25, -0.2) is 4.98 Å². The van der Waals surface area contributed by atoms with Gasteiger partial charge in [0.1, 0.15) is 12.2 Å². The van der Waals surface area contributed by atoms with E-state index >= 15 is 0 Å². The average Bonchev–Trinajstić information content (AvgIpc) is 3.58. The number of rotatable bonds is 7. The van der Waals surface area contributed by atoms with Crippen LogP contribution >= 0.6 is 11.3 Å². The molecule has 5 rings (SSSR count). The van der Waals surface area contributed by atoms with E-state index in [4.69, 9.17) is 18.9 Å². The minimum atomic E-state index is -0.662. The Labute approximate surface area is 198 Å². The van der Waals surface area contributed by atoms with Gasteiger partial charge in [0.15, 0.2) is 23.0 Å². The van der Waals surface area contributed by atoms with Crippen molar-refractivity contribution in [3.05, 3.63) is 62.6 Å². The molecule has 1 aromatic heterocycles. The van der Waals surface area contributed by atoms with E-state index in [1.165, 1.54) is 30.6 Å². The van der Waals surface area contributed by atoms with E-state index in [2.05, 4.69) is 10.3 Å². The number of hydrogen-bond acceptors (Lipinski definition) is 9. The van der Waals surface area contributed by atoms with Gasteiger partial charge < -0.3 is 24.3 Å². The van der Waals surface area contributed by atoms with Gasteiger partial charge in [0.2, 0.25) is 0 Å². The van der Waals surface area contributed by atoms with E-state index in [9.17, 15) is 14.9 Å². The molecule has 10 nitrogen and oxygen atoms in total. The smallest absolute Gasteiger partial charge is 0.286 e. The Balaban J connectivity index is 1.37. The van der Waals surface area contributed by atoms with Gasteiger partial charge in [-0.3, -0.25) is 14.9 Å². The summed E-state index contributed by atoms with van der Waals surface area (Å²) in [6.45, 7) is 0.112. The Bertz CT molecular complexity index is 1240. The number of methoxy groups -OCH3 is 1. The summed E-state index contributed by atoms with van der Waals surface area (Å²) >= 11 is 1.41. The lowest BCUT2D eigenvalue weighted by atomic mass is 10.1. The van der Waals surface area contributed by atoms with Crippen molar-refractivity contribution in [1.82, 2.24) is 4.98 Å². The molecule has 3 aromatic rings. The highest BCUT2D eigenvalue weighted by Gasteiger charge is 2.44. The van der Waals surface area contributed by atoms with Gasteiger partial charge >= 0.3 is 0 Å². The maximum atomic E-state index is 13.0. The maximum Gasteiger partial charge on any atom is 0.286 e. The third-order valence-corrected chi connectivity index (χ3v) is 6.38. The van der Waals surface area contributed by atoms with Crippen LogP contribution in [0, 0.1) is 10.1 Å². The molecule has 1 aliphatic heterocycles. The fraction of sp³-hybridized carbons (Fsp3) is 0.304. The van der Waals surface area contributed by atoms with Crippen molar-refractivity contribution in [1.29, 1.82) is 0 Å². The van der Waals surface area contributed by atoms with Gasteiger partial charge in [-0.1, -0.05) is 0 Å². The first kappa shape index (κ1) is 22.0. The van der Waals surface area contributed by atoms with E-state index in [0.717, 1.165) is 25.7 Å². The molecular formula is C23H21N3O7S. The van der Waals surface area contributed by atoms with Crippen LogP contribution in [-0.4, -0.2) is 28.7 Å². The highest BCUT2D eigenvalue weighted by Crippen LogP contribution is 2.47. The summed E-state index contributed by atoms with van der Waals surface area (Å²) in [5.41, 5.74) is 2.21. The predicted octanol–water partition coefficient (Wildman–Crippen LogP) is 4.93. The zero-order valence-corrected chi connectivity index (χ0v) is 19.1. The minimum Gasteiger partial charge on any atom is -0.493 e. The molecule has 0 unspecified atom stereocenters. The normalized spacial score (nSPS) is 15.3. The van der Waals surface area contributed by atoms with Crippen molar-refractivity contribution in [3.63, 3.8) is 0 Å². The van der Waals surface area contributed by atoms with E-state index in [0.29, 0.717) is 22.9 Å². The van der Waals surface area contributed by atoms with Crippen molar-refractivity contribution in [2.24, 2.45) is 0 Å². The number of hydrogen-bond donors (Lipinski definition) is 1. The van der Waals surface area contributed by atoms with E-state index < -0.39 is 22.3 Å². The molecule has 1 N–H and O–H groups in total. The number of thiazole rings is 1. The number of carbonyl (C=O) groups excluding carboxylic acids is 1. The first-order chi connectivity index (χ1) is 16.5. The van der Waals surface area contributed by atoms with Crippen LogP contribution in [0.2, 0.25) is 0 Å². The molecule has 1 saturated carbocycles. The number of nitro groups is 1. The number of anilines is 1. The number of aromatic nitrogens is 1. The largest absolute Gasteiger partial charge is 0.493 e. The molecule has 1 aliphatic carbocycles.